The van der Waals surface area contributed by atoms with Crippen LogP contribution in [-0.4, -0.2) is 34.0 Å². The molecule has 1 aliphatic heterocycles. The highest BCUT2D eigenvalue weighted by molar-refractivity contribution is 6.21. The molecule has 1 aliphatic rings. The van der Waals surface area contributed by atoms with E-state index in [1.54, 1.807) is 38.1 Å². The molecule has 90 valence electrons. The maximum atomic E-state index is 11.9. The molecule has 0 aromatic heterocycles. The quantitative estimate of drug-likeness (QED) is 0.804. The van der Waals surface area contributed by atoms with Crippen LogP contribution in [0.15, 0.2) is 24.3 Å². The summed E-state index contributed by atoms with van der Waals surface area (Å²) in [6.45, 7) is 3.56. The summed E-state index contributed by atoms with van der Waals surface area (Å²) < 4.78 is 0. The molecule has 0 aliphatic carbocycles. The zero-order valence-corrected chi connectivity index (χ0v) is 9.93. The molecule has 17 heavy (non-hydrogen) atoms. The van der Waals surface area contributed by atoms with Crippen LogP contribution in [0.2, 0.25) is 0 Å². The van der Waals surface area contributed by atoms with Gasteiger partial charge in [-0.05, 0) is 32.4 Å². The smallest absolute Gasteiger partial charge is 0.261 e. The molecule has 1 N–H and O–H groups in total. The maximum Gasteiger partial charge on any atom is 0.261 e. The maximum absolute atomic E-state index is 11.9. The number of fused-ring (bicyclic) bond motifs is 1. The molecule has 0 saturated heterocycles. The Morgan fingerprint density at radius 2 is 1.59 bits per heavy atom. The number of imide groups is 1. The molecule has 2 amide bonds. The second-order valence-corrected chi connectivity index (χ2v) is 4.87. The number of amides is 2. The van der Waals surface area contributed by atoms with Gasteiger partial charge in [-0.3, -0.25) is 14.5 Å². The second kappa shape index (κ2) is 3.96. The van der Waals surface area contributed by atoms with E-state index in [-0.39, 0.29) is 18.4 Å². The fourth-order valence-corrected chi connectivity index (χ4v) is 1.83. The van der Waals surface area contributed by atoms with Crippen LogP contribution in [0.5, 0.6) is 0 Å². The summed E-state index contributed by atoms with van der Waals surface area (Å²) >= 11 is 0. The Kier molecular flexibility index (Phi) is 2.75. The lowest BCUT2D eigenvalue weighted by Crippen LogP contribution is -2.35. The third-order valence-electron chi connectivity index (χ3n) is 2.83. The highest BCUT2D eigenvalue weighted by Crippen LogP contribution is 2.23. The number of hydrogen-bond acceptors (Lipinski definition) is 3. The van der Waals surface area contributed by atoms with Crippen molar-refractivity contribution in [2.75, 3.05) is 6.54 Å². The Labute approximate surface area is 99.9 Å². The first kappa shape index (κ1) is 11.8. The van der Waals surface area contributed by atoms with Gasteiger partial charge in [-0.2, -0.15) is 0 Å². The van der Waals surface area contributed by atoms with Crippen LogP contribution < -0.4 is 0 Å². The molecular weight excluding hydrogens is 218 g/mol. The summed E-state index contributed by atoms with van der Waals surface area (Å²) in [6, 6.07) is 6.78. The average molecular weight is 233 g/mol. The van der Waals surface area contributed by atoms with Gasteiger partial charge in [0.25, 0.3) is 11.8 Å². The molecule has 4 heteroatoms. The first-order valence-corrected chi connectivity index (χ1v) is 5.58. The van der Waals surface area contributed by atoms with E-state index < -0.39 is 5.60 Å². The summed E-state index contributed by atoms with van der Waals surface area (Å²) in [4.78, 5) is 25.1. The second-order valence-electron chi connectivity index (χ2n) is 4.87. The monoisotopic (exact) mass is 233 g/mol. The molecule has 1 aromatic rings. The van der Waals surface area contributed by atoms with Crippen LogP contribution in [0.1, 0.15) is 41.0 Å². The lowest BCUT2D eigenvalue weighted by Gasteiger charge is -2.21. The zero-order chi connectivity index (χ0) is 12.6. The van der Waals surface area contributed by atoms with E-state index in [1.807, 2.05) is 0 Å². The van der Waals surface area contributed by atoms with E-state index in [4.69, 9.17) is 0 Å². The molecule has 0 spiro atoms. The van der Waals surface area contributed by atoms with Crippen molar-refractivity contribution in [1.82, 2.24) is 4.90 Å². The van der Waals surface area contributed by atoms with E-state index in [1.165, 1.54) is 4.90 Å². The molecule has 2 rings (SSSR count). The molecule has 1 heterocycles. The number of carbonyl (C=O) groups excluding carboxylic acids is 2. The molecule has 4 nitrogen and oxygen atoms in total. The minimum absolute atomic E-state index is 0.246. The first-order valence-electron chi connectivity index (χ1n) is 5.58. The zero-order valence-electron chi connectivity index (χ0n) is 9.93. The van der Waals surface area contributed by atoms with E-state index in [9.17, 15) is 14.7 Å². The summed E-state index contributed by atoms with van der Waals surface area (Å²) in [7, 11) is 0. The van der Waals surface area contributed by atoms with E-state index in [2.05, 4.69) is 0 Å². The van der Waals surface area contributed by atoms with Gasteiger partial charge in [-0.15, -0.1) is 0 Å². The average Bonchev–Trinajstić information content (AvgIpc) is 2.49. The molecule has 0 saturated carbocycles. The number of carbonyl (C=O) groups is 2. The summed E-state index contributed by atoms with van der Waals surface area (Å²) in [5.41, 5.74) is 0.0245. The topological polar surface area (TPSA) is 57.6 Å². The fourth-order valence-electron chi connectivity index (χ4n) is 1.83. The van der Waals surface area contributed by atoms with Gasteiger partial charge in [0.15, 0.2) is 0 Å². The van der Waals surface area contributed by atoms with Gasteiger partial charge in [0.05, 0.1) is 16.7 Å². The summed E-state index contributed by atoms with van der Waals surface area (Å²) in [6.07, 6.45) is 0.373. The molecular formula is C13H15NO3. The number of hydrogen-bond donors (Lipinski definition) is 1. The van der Waals surface area contributed by atoms with Crippen LogP contribution in [-0.2, 0) is 0 Å². The predicted octanol–water partition coefficient (Wildman–Crippen LogP) is 1.44. The normalized spacial score (nSPS) is 15.4. The van der Waals surface area contributed by atoms with Crippen LogP contribution >= 0.6 is 0 Å². The van der Waals surface area contributed by atoms with Crippen molar-refractivity contribution in [2.24, 2.45) is 0 Å². The Balaban J connectivity index is 2.19. The number of benzene rings is 1. The molecule has 0 atom stereocenters. The minimum Gasteiger partial charge on any atom is -0.390 e. The summed E-state index contributed by atoms with van der Waals surface area (Å²) in [5.74, 6) is -0.537. The number of aliphatic hydroxyl groups is 1. The molecule has 1 aromatic carbocycles. The largest absolute Gasteiger partial charge is 0.390 e. The molecule has 0 bridgehead atoms. The van der Waals surface area contributed by atoms with Crippen molar-refractivity contribution in [3.8, 4) is 0 Å². The Morgan fingerprint density at radius 1 is 1.12 bits per heavy atom. The van der Waals surface area contributed by atoms with E-state index in [0.717, 1.165) is 0 Å². The third kappa shape index (κ3) is 2.22. The van der Waals surface area contributed by atoms with Crippen LogP contribution in [0.4, 0.5) is 0 Å². The predicted molar refractivity (Wildman–Crippen MR) is 62.7 cm³/mol. The highest BCUT2D eigenvalue weighted by Gasteiger charge is 2.35. The van der Waals surface area contributed by atoms with Crippen LogP contribution in [0, 0.1) is 0 Å². The number of nitrogens with zero attached hydrogens (tertiary/aromatic N) is 1. The van der Waals surface area contributed by atoms with Crippen molar-refractivity contribution >= 4 is 11.8 Å². The Hall–Kier alpha value is -1.68. The van der Waals surface area contributed by atoms with Crippen molar-refractivity contribution in [1.29, 1.82) is 0 Å². The Bertz CT molecular complexity index is 439. The van der Waals surface area contributed by atoms with Gasteiger partial charge in [0, 0.05) is 6.54 Å². The first-order chi connectivity index (χ1) is 7.90. The van der Waals surface area contributed by atoms with Gasteiger partial charge in [-0.25, -0.2) is 0 Å². The Morgan fingerprint density at radius 3 is 2.00 bits per heavy atom. The summed E-state index contributed by atoms with van der Waals surface area (Å²) in [5, 5.41) is 9.62. The third-order valence-corrected chi connectivity index (χ3v) is 2.83. The van der Waals surface area contributed by atoms with E-state index >= 15 is 0 Å². The van der Waals surface area contributed by atoms with E-state index in [0.29, 0.717) is 17.5 Å². The van der Waals surface area contributed by atoms with Gasteiger partial charge in [-0.1, -0.05) is 12.1 Å². The fraction of sp³-hybridized carbons (Fsp3) is 0.385. The van der Waals surface area contributed by atoms with Crippen molar-refractivity contribution in [2.45, 2.75) is 25.9 Å². The van der Waals surface area contributed by atoms with Crippen molar-refractivity contribution < 1.29 is 14.7 Å². The minimum atomic E-state index is -0.880. The van der Waals surface area contributed by atoms with Gasteiger partial charge < -0.3 is 5.11 Å². The highest BCUT2D eigenvalue weighted by atomic mass is 16.3. The SMILES string of the molecule is CC(C)(O)CCN1C(=O)c2ccccc2C1=O. The lowest BCUT2D eigenvalue weighted by molar-refractivity contribution is 0.0479. The molecule has 0 fully saturated rings. The van der Waals surface area contributed by atoms with Gasteiger partial charge in [0.1, 0.15) is 0 Å². The van der Waals surface area contributed by atoms with Crippen LogP contribution in [0.25, 0.3) is 0 Å². The molecule has 0 unspecified atom stereocenters. The number of rotatable bonds is 3. The standard InChI is InChI=1S/C13H15NO3/c1-13(2,17)7-8-14-11(15)9-5-3-4-6-10(9)12(14)16/h3-6,17H,7-8H2,1-2H3. The van der Waals surface area contributed by atoms with Crippen LogP contribution in [0.3, 0.4) is 0 Å². The lowest BCUT2D eigenvalue weighted by atomic mass is 10.1. The van der Waals surface area contributed by atoms with Crippen molar-refractivity contribution in [3.05, 3.63) is 35.4 Å². The van der Waals surface area contributed by atoms with Gasteiger partial charge in [0.2, 0.25) is 0 Å². The van der Waals surface area contributed by atoms with Crippen molar-refractivity contribution in [3.63, 3.8) is 0 Å². The molecule has 0 radical (unpaired) electrons. The van der Waals surface area contributed by atoms with Gasteiger partial charge >= 0.3 is 0 Å².